The summed E-state index contributed by atoms with van der Waals surface area (Å²) < 4.78 is 31.5. The molecule has 5 nitrogen and oxygen atoms in total. The Morgan fingerprint density at radius 2 is 1.94 bits per heavy atom. The van der Waals surface area contributed by atoms with Gasteiger partial charge < -0.3 is 4.42 Å². The Balaban J connectivity index is 1.49. The lowest BCUT2D eigenvalue weighted by Crippen LogP contribution is -2.13. The van der Waals surface area contributed by atoms with Crippen molar-refractivity contribution < 1.29 is 18.0 Å². The highest BCUT2D eigenvalue weighted by atomic mass is 32.2. The minimum absolute atomic E-state index is 0.135. The Hall–Kier alpha value is -3.48. The molecule has 0 saturated carbocycles. The van der Waals surface area contributed by atoms with Gasteiger partial charge in [0.15, 0.2) is 5.13 Å². The lowest BCUT2D eigenvalue weighted by atomic mass is 10.2. The molecule has 31 heavy (non-hydrogen) atoms. The molecule has 0 saturated heterocycles. The van der Waals surface area contributed by atoms with Crippen molar-refractivity contribution in [2.24, 2.45) is 0 Å². The first kappa shape index (κ1) is 20.8. The van der Waals surface area contributed by atoms with Crippen LogP contribution in [0.3, 0.4) is 0 Å². The monoisotopic (exact) mass is 453 g/mol. The second kappa shape index (κ2) is 9.12. The van der Waals surface area contributed by atoms with E-state index in [4.69, 9.17) is 4.42 Å². The molecule has 4 aromatic rings. The van der Waals surface area contributed by atoms with E-state index in [9.17, 15) is 18.8 Å². The molecule has 2 aromatic carbocycles. The van der Waals surface area contributed by atoms with Crippen LogP contribution >= 0.6 is 23.1 Å². The first-order valence-corrected chi connectivity index (χ1v) is 10.7. The Labute approximate surface area is 184 Å². The van der Waals surface area contributed by atoms with Gasteiger partial charge in [-0.25, -0.2) is 4.98 Å². The van der Waals surface area contributed by atoms with Crippen LogP contribution in [-0.2, 0) is 4.79 Å². The summed E-state index contributed by atoms with van der Waals surface area (Å²) in [6.07, 6.45) is 1.34. The van der Waals surface area contributed by atoms with Crippen molar-refractivity contribution in [3.8, 4) is 17.4 Å². The molecule has 1 amide bonds. The fourth-order valence-electron chi connectivity index (χ4n) is 2.77. The average Bonchev–Trinajstić information content (AvgIpc) is 3.38. The topological polar surface area (TPSA) is 78.9 Å². The van der Waals surface area contributed by atoms with Crippen molar-refractivity contribution in [3.05, 3.63) is 72.0 Å². The van der Waals surface area contributed by atoms with Crippen LogP contribution < -0.4 is 5.32 Å². The quantitative estimate of drug-likeness (QED) is 0.207. The molecule has 0 fully saturated rings. The van der Waals surface area contributed by atoms with Crippen LogP contribution in [0.2, 0.25) is 0 Å². The summed E-state index contributed by atoms with van der Waals surface area (Å²) in [4.78, 5) is 17.3. The normalized spacial score (nSPS) is 11.6. The van der Waals surface area contributed by atoms with E-state index >= 15 is 0 Å². The van der Waals surface area contributed by atoms with E-state index in [1.807, 2.05) is 30.3 Å². The molecule has 0 atom stereocenters. The van der Waals surface area contributed by atoms with Gasteiger partial charge in [-0.2, -0.15) is 14.0 Å². The van der Waals surface area contributed by atoms with Crippen LogP contribution in [0.15, 0.2) is 75.5 Å². The first-order chi connectivity index (χ1) is 15.0. The molecule has 0 spiro atoms. The smallest absolute Gasteiger partial charge is 0.288 e. The van der Waals surface area contributed by atoms with E-state index in [0.717, 1.165) is 10.2 Å². The molecule has 1 N–H and O–H groups in total. The van der Waals surface area contributed by atoms with Gasteiger partial charge in [-0.3, -0.25) is 10.1 Å². The Morgan fingerprint density at radius 3 is 2.65 bits per heavy atom. The summed E-state index contributed by atoms with van der Waals surface area (Å²) in [6.45, 7) is 0. The van der Waals surface area contributed by atoms with Gasteiger partial charge in [0, 0.05) is 16.5 Å². The summed E-state index contributed by atoms with van der Waals surface area (Å²) in [5.74, 6) is -2.27. The van der Waals surface area contributed by atoms with Gasteiger partial charge in [-0.15, -0.1) is 0 Å². The highest BCUT2D eigenvalue weighted by Crippen LogP contribution is 2.29. The molecule has 0 aliphatic carbocycles. The molecule has 4 rings (SSSR count). The summed E-state index contributed by atoms with van der Waals surface area (Å²) in [6, 6.07) is 19.1. The number of fused-ring (bicyclic) bond motifs is 1. The third-order valence-electron chi connectivity index (χ3n) is 4.16. The van der Waals surface area contributed by atoms with Gasteiger partial charge in [0.25, 0.3) is 11.7 Å². The number of carbonyl (C=O) groups is 1. The molecule has 2 heterocycles. The summed E-state index contributed by atoms with van der Waals surface area (Å²) in [7, 11) is 0. The van der Waals surface area contributed by atoms with Crippen LogP contribution in [0, 0.1) is 11.3 Å². The maximum atomic E-state index is 12.5. The number of thioether (sulfide) groups is 1. The molecule has 0 unspecified atom stereocenters. The number of hydrogen-bond donors (Lipinski definition) is 1. The van der Waals surface area contributed by atoms with Crippen molar-refractivity contribution in [2.75, 3.05) is 5.32 Å². The van der Waals surface area contributed by atoms with Gasteiger partial charge in [0.1, 0.15) is 23.2 Å². The number of benzene rings is 2. The van der Waals surface area contributed by atoms with E-state index in [1.54, 1.807) is 36.4 Å². The van der Waals surface area contributed by atoms with Gasteiger partial charge in [0.05, 0.1) is 10.2 Å². The van der Waals surface area contributed by atoms with Crippen LogP contribution in [0.4, 0.5) is 13.9 Å². The first-order valence-electron chi connectivity index (χ1n) is 8.95. The largest absolute Gasteiger partial charge is 0.457 e. The van der Waals surface area contributed by atoms with Gasteiger partial charge in [-0.1, -0.05) is 47.4 Å². The van der Waals surface area contributed by atoms with Crippen LogP contribution in [0.5, 0.6) is 0 Å². The van der Waals surface area contributed by atoms with E-state index in [1.165, 1.54) is 17.4 Å². The third kappa shape index (κ3) is 4.99. The van der Waals surface area contributed by atoms with Crippen LogP contribution in [-0.4, -0.2) is 16.6 Å². The number of nitriles is 1. The number of aromatic nitrogens is 1. The van der Waals surface area contributed by atoms with E-state index in [0.29, 0.717) is 38.9 Å². The van der Waals surface area contributed by atoms with E-state index < -0.39 is 11.7 Å². The number of hydrogen-bond acceptors (Lipinski definition) is 6. The zero-order chi connectivity index (χ0) is 21.8. The fourth-order valence-corrected chi connectivity index (χ4v) is 4.13. The van der Waals surface area contributed by atoms with Gasteiger partial charge in [-0.05, 0) is 36.4 Å². The van der Waals surface area contributed by atoms with Gasteiger partial charge in [0.2, 0.25) is 0 Å². The van der Waals surface area contributed by atoms with Gasteiger partial charge >= 0.3 is 0 Å². The number of furan rings is 1. The number of thiazole rings is 1. The Morgan fingerprint density at radius 1 is 1.16 bits per heavy atom. The summed E-state index contributed by atoms with van der Waals surface area (Å²) in [5.41, 5.74) is 1.32. The molecule has 0 bridgehead atoms. The number of carbonyl (C=O) groups excluding carboxylic acids is 1. The molecule has 0 aliphatic heterocycles. The lowest BCUT2D eigenvalue weighted by Gasteiger charge is -2.01. The fraction of sp³-hybridized carbons (Fsp3) is 0.0455. The van der Waals surface area contributed by atoms with Crippen molar-refractivity contribution in [1.82, 2.24) is 4.98 Å². The Kier molecular flexibility index (Phi) is 6.11. The second-order valence-corrected chi connectivity index (χ2v) is 8.31. The maximum absolute atomic E-state index is 12.5. The minimum Gasteiger partial charge on any atom is -0.457 e. The van der Waals surface area contributed by atoms with E-state index in [2.05, 4.69) is 10.3 Å². The van der Waals surface area contributed by atoms with Crippen molar-refractivity contribution in [1.29, 1.82) is 5.26 Å². The highest BCUT2D eigenvalue weighted by molar-refractivity contribution is 7.99. The number of alkyl halides is 2. The second-order valence-electron chi connectivity index (χ2n) is 6.22. The molecule has 0 radical (unpaired) electrons. The summed E-state index contributed by atoms with van der Waals surface area (Å²) in [5, 5.41) is 12.4. The predicted octanol–water partition coefficient (Wildman–Crippen LogP) is 6.42. The number of halogens is 2. The molecule has 9 heteroatoms. The zero-order valence-corrected chi connectivity index (χ0v) is 17.3. The zero-order valence-electron chi connectivity index (χ0n) is 15.7. The number of para-hydroxylation sites is 1. The van der Waals surface area contributed by atoms with Crippen molar-refractivity contribution in [2.45, 2.75) is 10.7 Å². The third-order valence-corrected chi connectivity index (χ3v) is 5.83. The SMILES string of the molecule is N#C/C(=C\c1ccc(-c2ccc(SC(F)F)cc2)o1)C(=O)Nc1nc2ccccc2s1. The minimum atomic E-state index is -2.48. The highest BCUT2D eigenvalue weighted by Gasteiger charge is 2.14. The molecule has 2 aromatic heterocycles. The number of nitrogens with one attached hydrogen (secondary N) is 1. The number of nitrogens with zero attached hydrogens (tertiary/aromatic N) is 2. The molecular weight excluding hydrogens is 440 g/mol. The molecular formula is C22H13F2N3O2S2. The average molecular weight is 453 g/mol. The number of anilines is 1. The lowest BCUT2D eigenvalue weighted by molar-refractivity contribution is -0.112. The van der Waals surface area contributed by atoms with Crippen molar-refractivity contribution in [3.63, 3.8) is 0 Å². The van der Waals surface area contributed by atoms with Crippen LogP contribution in [0.25, 0.3) is 27.6 Å². The van der Waals surface area contributed by atoms with E-state index in [-0.39, 0.29) is 5.57 Å². The standard InChI is InChI=1S/C22H13F2N3O2S2/c23-21(24)30-16-8-5-13(6-9-16)18-10-7-15(29-18)11-14(12-25)20(28)27-22-26-17-3-1-2-4-19(17)31-22/h1-11,21H,(H,26,27,28)/b14-11+. The Bertz CT molecular complexity index is 1270. The number of amides is 1. The van der Waals surface area contributed by atoms with Crippen molar-refractivity contribution >= 4 is 50.4 Å². The maximum Gasteiger partial charge on any atom is 0.288 e. The molecule has 154 valence electrons. The number of rotatable bonds is 6. The predicted molar refractivity (Wildman–Crippen MR) is 118 cm³/mol. The molecule has 0 aliphatic rings. The van der Waals surface area contributed by atoms with Crippen LogP contribution in [0.1, 0.15) is 5.76 Å². The summed E-state index contributed by atoms with van der Waals surface area (Å²) >= 11 is 1.78.